The van der Waals surface area contributed by atoms with Gasteiger partial charge in [-0.05, 0) is 52.0 Å². The van der Waals surface area contributed by atoms with Gasteiger partial charge in [0.25, 0.3) is 5.56 Å². The topological polar surface area (TPSA) is 67.7 Å². The Morgan fingerprint density at radius 3 is 2.41 bits per heavy atom. The molecule has 0 saturated carbocycles. The zero-order valence-electron chi connectivity index (χ0n) is 17.9. The van der Waals surface area contributed by atoms with Crippen LogP contribution in [0, 0.1) is 0 Å². The van der Waals surface area contributed by atoms with Crippen molar-refractivity contribution in [1.29, 1.82) is 0 Å². The highest BCUT2D eigenvalue weighted by Crippen LogP contribution is 2.24. The number of nitrogens with zero attached hydrogens (tertiary/aromatic N) is 4. The van der Waals surface area contributed by atoms with Crippen LogP contribution in [0.5, 0.6) is 5.75 Å². The van der Waals surface area contributed by atoms with E-state index in [1.54, 1.807) is 18.1 Å². The van der Waals surface area contributed by atoms with Crippen LogP contribution in [-0.4, -0.2) is 46.3 Å². The number of anilines is 1. The first-order valence-electron chi connectivity index (χ1n) is 10.1. The normalized spacial score (nSPS) is 13.6. The number of amides is 1. The van der Waals surface area contributed by atoms with Crippen molar-refractivity contribution >= 4 is 11.6 Å². The lowest BCUT2D eigenvalue weighted by molar-refractivity contribution is -0.135. The summed E-state index contributed by atoms with van der Waals surface area (Å²) in [5.74, 6) is 0.734. The Hall–Kier alpha value is -2.83. The minimum Gasteiger partial charge on any atom is -0.497 e. The molecule has 1 aliphatic heterocycles. The number of ether oxygens (including phenoxy) is 1. The third-order valence-electron chi connectivity index (χ3n) is 5.27. The van der Waals surface area contributed by atoms with Crippen LogP contribution in [-0.2, 0) is 24.3 Å². The van der Waals surface area contributed by atoms with E-state index in [9.17, 15) is 9.59 Å². The largest absolute Gasteiger partial charge is 0.497 e. The molecule has 1 aromatic heterocycles. The molecule has 7 heteroatoms. The molecule has 29 heavy (non-hydrogen) atoms. The number of rotatable bonds is 6. The molecule has 1 aliphatic rings. The van der Waals surface area contributed by atoms with E-state index in [0.717, 1.165) is 35.7 Å². The van der Waals surface area contributed by atoms with E-state index < -0.39 is 0 Å². The van der Waals surface area contributed by atoms with E-state index >= 15 is 0 Å². The second kappa shape index (κ2) is 8.68. The third-order valence-corrected chi connectivity index (χ3v) is 5.27. The Kier molecular flexibility index (Phi) is 6.25. The quantitative estimate of drug-likeness (QED) is 0.748. The smallest absolute Gasteiger partial charge is 0.267 e. The van der Waals surface area contributed by atoms with Crippen molar-refractivity contribution in [3.05, 3.63) is 51.9 Å². The summed E-state index contributed by atoms with van der Waals surface area (Å²) in [7, 11) is 1.65. The molecule has 156 valence electrons. The molecule has 0 fully saturated rings. The lowest BCUT2D eigenvalue weighted by Crippen LogP contribution is -2.45. The maximum atomic E-state index is 12.7. The Labute approximate surface area is 171 Å². The van der Waals surface area contributed by atoms with Gasteiger partial charge in [-0.3, -0.25) is 9.59 Å². The maximum absolute atomic E-state index is 12.7. The second-order valence-corrected chi connectivity index (χ2v) is 7.97. The van der Waals surface area contributed by atoms with Crippen molar-refractivity contribution < 1.29 is 9.53 Å². The fraction of sp³-hybridized carbons (Fsp3) is 0.500. The van der Waals surface area contributed by atoms with Crippen LogP contribution < -0.4 is 15.2 Å². The molecule has 1 aromatic carbocycles. The predicted octanol–water partition coefficient (Wildman–Crippen LogP) is 2.46. The summed E-state index contributed by atoms with van der Waals surface area (Å²) in [6.45, 7) is 9.34. The summed E-state index contributed by atoms with van der Waals surface area (Å²) in [5.41, 5.74) is 2.66. The number of benzene rings is 1. The number of fused-ring (bicyclic) bond motifs is 1. The average molecular weight is 399 g/mol. The maximum Gasteiger partial charge on any atom is 0.267 e. The van der Waals surface area contributed by atoms with Crippen LogP contribution in [0.25, 0.3) is 0 Å². The number of carbonyl (C=O) groups excluding carboxylic acids is 1. The van der Waals surface area contributed by atoms with Gasteiger partial charge in [-0.2, -0.15) is 5.10 Å². The zero-order valence-corrected chi connectivity index (χ0v) is 17.9. The van der Waals surface area contributed by atoms with Gasteiger partial charge in [0.15, 0.2) is 0 Å². The summed E-state index contributed by atoms with van der Waals surface area (Å²) in [5, 5.41) is 4.52. The lowest BCUT2D eigenvalue weighted by atomic mass is 10.1. The Morgan fingerprint density at radius 1 is 1.17 bits per heavy atom. The van der Waals surface area contributed by atoms with E-state index in [1.807, 2.05) is 52.0 Å². The van der Waals surface area contributed by atoms with Gasteiger partial charge in [0, 0.05) is 48.9 Å². The second-order valence-electron chi connectivity index (χ2n) is 7.97. The van der Waals surface area contributed by atoms with Crippen molar-refractivity contribution in [3.63, 3.8) is 0 Å². The van der Waals surface area contributed by atoms with Crippen LogP contribution >= 0.6 is 0 Å². The first-order valence-corrected chi connectivity index (χ1v) is 10.1. The third kappa shape index (κ3) is 4.60. The highest BCUT2D eigenvalue weighted by Gasteiger charge is 2.23. The van der Waals surface area contributed by atoms with Gasteiger partial charge < -0.3 is 14.5 Å². The minimum absolute atomic E-state index is 0.0231. The van der Waals surface area contributed by atoms with Crippen LogP contribution in [0.4, 0.5) is 5.69 Å². The van der Waals surface area contributed by atoms with Gasteiger partial charge in [0.1, 0.15) is 12.3 Å². The molecule has 0 radical (unpaired) electrons. The standard InChI is InChI=1S/C22H30N4O3/c1-15(2)26(16(3)4)22(28)14-25-21(27)12-17-13-24(11-10-20(17)23-25)18-6-8-19(29-5)9-7-18/h6-9,12,15-16H,10-11,13-14H2,1-5H3. The molecular weight excluding hydrogens is 368 g/mol. The van der Waals surface area contributed by atoms with E-state index in [-0.39, 0.29) is 30.1 Å². The molecule has 0 N–H and O–H groups in total. The molecule has 0 aliphatic carbocycles. The highest BCUT2D eigenvalue weighted by molar-refractivity contribution is 5.76. The first kappa shape index (κ1) is 20.9. The number of aromatic nitrogens is 2. The van der Waals surface area contributed by atoms with Crippen molar-refractivity contribution in [2.24, 2.45) is 0 Å². The molecule has 0 atom stereocenters. The van der Waals surface area contributed by atoms with E-state index in [4.69, 9.17) is 4.74 Å². The Balaban J connectivity index is 1.78. The summed E-state index contributed by atoms with van der Waals surface area (Å²) in [4.78, 5) is 29.3. The van der Waals surface area contributed by atoms with Crippen molar-refractivity contribution in [2.45, 2.75) is 59.3 Å². The summed E-state index contributed by atoms with van der Waals surface area (Å²) in [6.07, 6.45) is 0.730. The van der Waals surface area contributed by atoms with Crippen LogP contribution in [0.1, 0.15) is 39.0 Å². The molecule has 0 saturated heterocycles. The van der Waals surface area contributed by atoms with Crippen molar-refractivity contribution in [1.82, 2.24) is 14.7 Å². The van der Waals surface area contributed by atoms with Crippen LogP contribution in [0.3, 0.4) is 0 Å². The Bertz CT molecular complexity index is 911. The first-order chi connectivity index (χ1) is 13.8. The van der Waals surface area contributed by atoms with Crippen LogP contribution in [0.15, 0.2) is 35.1 Å². The van der Waals surface area contributed by atoms with Gasteiger partial charge >= 0.3 is 0 Å². The molecule has 3 rings (SSSR count). The predicted molar refractivity (Wildman–Crippen MR) is 113 cm³/mol. The fourth-order valence-electron chi connectivity index (χ4n) is 3.95. The Morgan fingerprint density at radius 2 is 1.83 bits per heavy atom. The van der Waals surface area contributed by atoms with Crippen molar-refractivity contribution in [3.8, 4) is 5.75 Å². The fourth-order valence-corrected chi connectivity index (χ4v) is 3.95. The minimum atomic E-state index is -0.235. The average Bonchev–Trinajstić information content (AvgIpc) is 2.67. The SMILES string of the molecule is COc1ccc(N2CCc3nn(CC(=O)N(C(C)C)C(C)C)c(=O)cc3C2)cc1. The molecule has 2 aromatic rings. The number of carbonyl (C=O) groups is 1. The van der Waals surface area contributed by atoms with Gasteiger partial charge in [0.2, 0.25) is 5.91 Å². The summed E-state index contributed by atoms with van der Waals surface area (Å²) < 4.78 is 6.52. The molecular formula is C22H30N4O3. The van der Waals surface area contributed by atoms with E-state index in [1.165, 1.54) is 4.68 Å². The molecule has 7 nitrogen and oxygen atoms in total. The van der Waals surface area contributed by atoms with Gasteiger partial charge in [-0.15, -0.1) is 0 Å². The van der Waals surface area contributed by atoms with Crippen molar-refractivity contribution in [2.75, 3.05) is 18.6 Å². The number of hydrogen-bond acceptors (Lipinski definition) is 5. The summed E-state index contributed by atoms with van der Waals surface area (Å²) in [6, 6.07) is 9.68. The summed E-state index contributed by atoms with van der Waals surface area (Å²) >= 11 is 0. The molecule has 2 heterocycles. The highest BCUT2D eigenvalue weighted by atomic mass is 16.5. The molecule has 1 amide bonds. The van der Waals surface area contributed by atoms with Gasteiger partial charge in [0.05, 0.1) is 12.8 Å². The number of methoxy groups -OCH3 is 1. The monoisotopic (exact) mass is 398 g/mol. The molecule has 0 bridgehead atoms. The van der Waals surface area contributed by atoms with E-state index in [0.29, 0.717) is 6.54 Å². The molecule has 0 unspecified atom stereocenters. The van der Waals surface area contributed by atoms with E-state index in [2.05, 4.69) is 10.00 Å². The molecule has 0 spiro atoms. The van der Waals surface area contributed by atoms with Gasteiger partial charge in [-0.25, -0.2) is 4.68 Å². The van der Waals surface area contributed by atoms with Gasteiger partial charge in [-0.1, -0.05) is 0 Å². The number of hydrogen-bond donors (Lipinski definition) is 0. The lowest BCUT2D eigenvalue weighted by Gasteiger charge is -2.32. The van der Waals surface area contributed by atoms with Crippen LogP contribution in [0.2, 0.25) is 0 Å². The zero-order chi connectivity index (χ0) is 21.1.